The van der Waals surface area contributed by atoms with Gasteiger partial charge in [0.05, 0.1) is 42.4 Å². The van der Waals surface area contributed by atoms with Gasteiger partial charge in [-0.2, -0.15) is 0 Å². The molecule has 11 atom stereocenters. The zero-order chi connectivity index (χ0) is 48.0. The molecule has 3 saturated heterocycles. The van der Waals surface area contributed by atoms with Crippen molar-refractivity contribution in [1.29, 1.82) is 0 Å². The molecule has 1 spiro atoms. The first-order chi connectivity index (χ1) is 31.4. The third kappa shape index (κ3) is 16.0. The van der Waals surface area contributed by atoms with E-state index in [0.29, 0.717) is 38.3 Å². The van der Waals surface area contributed by atoms with Crippen LogP contribution in [0.1, 0.15) is 170 Å². The van der Waals surface area contributed by atoms with Crippen LogP contribution >= 0.6 is 0 Å². The van der Waals surface area contributed by atoms with E-state index in [-0.39, 0.29) is 109 Å². The van der Waals surface area contributed by atoms with Crippen molar-refractivity contribution in [1.82, 2.24) is 10.2 Å². The predicted octanol–water partition coefficient (Wildman–Crippen LogP) is 8.44. The molecule has 3 amide bonds. The van der Waals surface area contributed by atoms with Gasteiger partial charge in [0.2, 0.25) is 5.91 Å². The molecule has 2 N–H and O–H groups in total. The quantitative estimate of drug-likeness (QED) is 0.0331. The minimum atomic E-state index is -0.935. The van der Waals surface area contributed by atoms with Gasteiger partial charge in [-0.25, -0.2) is 0 Å². The Labute approximate surface area is 394 Å². The Bertz CT molecular complexity index is 1730. The first-order valence-electron chi connectivity index (χ1n) is 25.5. The highest BCUT2D eigenvalue weighted by Crippen LogP contribution is 2.43. The lowest BCUT2D eigenvalue weighted by molar-refractivity contribution is -0.324. The summed E-state index contributed by atoms with van der Waals surface area (Å²) < 4.78 is 25.7. The molecule has 13 nitrogen and oxygen atoms in total. The maximum atomic E-state index is 13.1. The average Bonchev–Trinajstić information content (AvgIpc) is 3.60. The van der Waals surface area contributed by atoms with E-state index in [0.717, 1.165) is 89.0 Å². The van der Waals surface area contributed by atoms with Gasteiger partial charge >= 0.3 is 5.97 Å². The van der Waals surface area contributed by atoms with Gasteiger partial charge < -0.3 is 29.4 Å². The Hall–Kier alpha value is -3.52. The lowest BCUT2D eigenvalue weighted by atomic mass is 9.81. The first kappa shape index (κ1) is 53.4. The maximum Gasteiger partial charge on any atom is 0.309 e. The normalized spacial score (nSPS) is 31.5. The number of ether oxygens (including phenoxy) is 4. The second kappa shape index (κ2) is 25.7. The Morgan fingerprint density at radius 1 is 0.879 bits per heavy atom. The summed E-state index contributed by atoms with van der Waals surface area (Å²) in [6.45, 7) is 14.9. The minimum Gasteiger partial charge on any atom is -0.458 e. The summed E-state index contributed by atoms with van der Waals surface area (Å²) >= 11 is 0. The summed E-state index contributed by atoms with van der Waals surface area (Å²) in [6.07, 6.45) is 20.4. The molecule has 0 unspecified atom stereocenters. The monoisotopic (exact) mass is 923 g/mol. The number of carbonyl (C=O) groups excluding carboxylic acids is 6. The highest BCUT2D eigenvalue weighted by atomic mass is 16.7. The van der Waals surface area contributed by atoms with E-state index in [4.69, 9.17) is 18.9 Å². The number of amides is 3. The topological polar surface area (TPSA) is 175 Å². The van der Waals surface area contributed by atoms with Gasteiger partial charge in [-0.15, -0.1) is 0 Å². The highest BCUT2D eigenvalue weighted by molar-refractivity contribution is 6.12. The molecule has 1 aliphatic carbocycles. The highest BCUT2D eigenvalue weighted by Gasteiger charge is 2.44. The first-order valence-corrected chi connectivity index (χ1v) is 25.5. The summed E-state index contributed by atoms with van der Waals surface area (Å²) in [7, 11) is 0. The fourth-order valence-corrected chi connectivity index (χ4v) is 10.5. The van der Waals surface area contributed by atoms with Gasteiger partial charge in [0.15, 0.2) is 11.6 Å². The molecule has 13 heteroatoms. The zero-order valence-electron chi connectivity index (χ0n) is 41.1. The van der Waals surface area contributed by atoms with Crippen molar-refractivity contribution in [3.8, 4) is 0 Å². The van der Waals surface area contributed by atoms with E-state index < -0.39 is 17.8 Å². The number of allylic oxidation sites excluding steroid dienone is 3. The van der Waals surface area contributed by atoms with Crippen LogP contribution in [0.25, 0.3) is 0 Å². The summed E-state index contributed by atoms with van der Waals surface area (Å²) in [5.74, 6) is -1.19. The number of Topliss-reactive ketones (excluding diaryl/α,β-unsaturated/α-hetero) is 1. The molecule has 0 radical (unpaired) electrons. The van der Waals surface area contributed by atoms with Gasteiger partial charge in [0, 0.05) is 57.3 Å². The Morgan fingerprint density at radius 2 is 1.59 bits per heavy atom. The number of carbonyl (C=O) groups is 6. The van der Waals surface area contributed by atoms with Crippen LogP contribution in [0.5, 0.6) is 0 Å². The van der Waals surface area contributed by atoms with Gasteiger partial charge in [-0.05, 0) is 146 Å². The summed E-state index contributed by atoms with van der Waals surface area (Å²) in [5.41, 5.74) is 1.03. The fourth-order valence-electron chi connectivity index (χ4n) is 10.5. The molecule has 4 fully saturated rings. The predicted molar refractivity (Wildman–Crippen MR) is 252 cm³/mol. The maximum absolute atomic E-state index is 13.1. The van der Waals surface area contributed by atoms with Crippen molar-refractivity contribution in [3.05, 3.63) is 36.0 Å². The molecule has 370 valence electrons. The lowest BCUT2D eigenvalue weighted by Gasteiger charge is -2.48. The smallest absolute Gasteiger partial charge is 0.309 e. The number of ketones is 2. The molecule has 66 heavy (non-hydrogen) atoms. The molecule has 0 aromatic rings. The van der Waals surface area contributed by atoms with E-state index in [2.05, 4.69) is 32.2 Å². The van der Waals surface area contributed by atoms with Crippen LogP contribution in [-0.4, -0.2) is 101 Å². The molecular weight excluding hydrogens is 841 g/mol. The number of hydrogen-bond donors (Lipinski definition) is 2. The van der Waals surface area contributed by atoms with Crippen LogP contribution < -0.4 is 5.32 Å². The van der Waals surface area contributed by atoms with E-state index >= 15 is 0 Å². The number of imide groups is 1. The van der Waals surface area contributed by atoms with E-state index in [9.17, 15) is 33.9 Å². The van der Waals surface area contributed by atoms with Crippen molar-refractivity contribution >= 4 is 35.3 Å². The van der Waals surface area contributed by atoms with E-state index in [1.807, 2.05) is 20.8 Å². The van der Waals surface area contributed by atoms with Crippen molar-refractivity contribution in [2.75, 3.05) is 13.1 Å². The van der Waals surface area contributed by atoms with E-state index in [1.54, 1.807) is 19.1 Å². The average molecular weight is 923 g/mol. The van der Waals surface area contributed by atoms with Crippen molar-refractivity contribution < 1.29 is 52.8 Å². The van der Waals surface area contributed by atoms with Crippen LogP contribution in [0.3, 0.4) is 0 Å². The van der Waals surface area contributed by atoms with Crippen molar-refractivity contribution in [2.45, 2.75) is 213 Å². The minimum absolute atomic E-state index is 0.00374. The van der Waals surface area contributed by atoms with Gasteiger partial charge in [-0.3, -0.25) is 33.7 Å². The molecular formula is C53H82N2O11. The van der Waals surface area contributed by atoms with Crippen LogP contribution in [0, 0.1) is 35.5 Å². The third-order valence-corrected chi connectivity index (χ3v) is 15.2. The van der Waals surface area contributed by atoms with Gasteiger partial charge in [-0.1, -0.05) is 39.8 Å². The second-order valence-corrected chi connectivity index (χ2v) is 20.7. The largest absolute Gasteiger partial charge is 0.458 e. The molecule has 1 saturated carbocycles. The number of rotatable bonds is 23. The zero-order valence-corrected chi connectivity index (χ0v) is 41.1. The number of nitrogens with one attached hydrogen (secondary N) is 1. The lowest BCUT2D eigenvalue weighted by Crippen LogP contribution is -2.50. The molecule has 0 aromatic carbocycles. The van der Waals surface area contributed by atoms with Crippen LogP contribution in [0.2, 0.25) is 0 Å². The van der Waals surface area contributed by atoms with Gasteiger partial charge in [0.25, 0.3) is 11.8 Å². The van der Waals surface area contributed by atoms with Crippen molar-refractivity contribution in [2.24, 2.45) is 35.5 Å². The standard InChI is InChI=1S/C53H82N2O11/c1-8-11-42(56)31-45-22-15-35(3)48(64-45)32-43(57)20-23-46(58)38(6)51(61)54-29-10-13-47-36(4)26-28-53(66-47)27-9-12-44(65-53)21-14-34(2)30-37(5)39(7)63-52(62)41-18-16-40(17-19-41)33-55-49(59)24-25-50(55)60/h8,11,24-25,30,34-36,38-41,44-48,58H,9-10,12-23,26-29,31-33H2,1-7H3,(H,54,61)/b11-8+,37-30+/t34-,35-,36-,38+,39-,40?,41?,44+,45+,46+,47+,48-,53-/m0/s1. The molecule has 0 bridgehead atoms. The Kier molecular flexibility index (Phi) is 20.8. The summed E-state index contributed by atoms with van der Waals surface area (Å²) in [4.78, 5) is 76.3. The Balaban J connectivity index is 0.960. The third-order valence-electron chi connectivity index (χ3n) is 15.2. The summed E-state index contributed by atoms with van der Waals surface area (Å²) in [5, 5.41) is 13.8. The molecule has 5 aliphatic rings. The summed E-state index contributed by atoms with van der Waals surface area (Å²) in [6, 6.07) is 0. The van der Waals surface area contributed by atoms with Crippen molar-refractivity contribution in [3.63, 3.8) is 0 Å². The SMILES string of the molecule is C/C=C/C(=O)C[C@H]1CC[C@H](C)[C@H](CC(=O)CC[C@@H](O)[C@@H](C)C(=O)NCCC[C@H]2O[C@@]3(CCC[C@H](CC[C@H](C)/C=C(\C)[C@H](C)OC(=O)C4CCC(CN5C(=O)C=CC5=O)CC4)O3)CC[C@@H]2C)O1. The second-order valence-electron chi connectivity index (χ2n) is 20.7. The Morgan fingerprint density at radius 3 is 2.30 bits per heavy atom. The number of aliphatic hydroxyl groups is 1. The number of aliphatic hydroxyl groups excluding tert-OH is 1. The van der Waals surface area contributed by atoms with Crippen LogP contribution in [0.15, 0.2) is 36.0 Å². The van der Waals surface area contributed by atoms with Gasteiger partial charge in [0.1, 0.15) is 11.9 Å². The van der Waals surface area contributed by atoms with Crippen LogP contribution in [-0.2, 0) is 47.7 Å². The number of esters is 1. The van der Waals surface area contributed by atoms with Crippen LogP contribution in [0.4, 0.5) is 0 Å². The fraction of sp³-hybridized carbons (Fsp3) is 0.774. The molecule has 4 heterocycles. The van der Waals surface area contributed by atoms with E-state index in [1.165, 1.54) is 17.1 Å². The number of nitrogens with zero attached hydrogens (tertiary/aromatic N) is 1. The number of hydrogen-bond acceptors (Lipinski definition) is 11. The molecule has 0 aromatic heterocycles. The molecule has 4 aliphatic heterocycles. The molecule has 5 rings (SSSR count).